The van der Waals surface area contributed by atoms with Gasteiger partial charge in [0.2, 0.25) is 5.88 Å². The molecule has 2 aromatic rings. The summed E-state index contributed by atoms with van der Waals surface area (Å²) in [5.41, 5.74) is 1.83. The third-order valence-electron chi connectivity index (χ3n) is 4.15. The van der Waals surface area contributed by atoms with E-state index in [1.807, 2.05) is 64.1 Å². The van der Waals surface area contributed by atoms with Gasteiger partial charge in [-0.2, -0.15) is 0 Å². The zero-order chi connectivity index (χ0) is 20.3. The van der Waals surface area contributed by atoms with Crippen LogP contribution in [0.2, 0.25) is 0 Å². The van der Waals surface area contributed by atoms with Crippen molar-refractivity contribution in [2.45, 2.75) is 45.9 Å². The molecule has 1 aliphatic heterocycles. The maximum atomic E-state index is 13.0. The molecule has 0 spiro atoms. The lowest BCUT2D eigenvalue weighted by molar-refractivity contribution is 0.0448. The van der Waals surface area contributed by atoms with Crippen molar-refractivity contribution in [2.24, 2.45) is 0 Å². The van der Waals surface area contributed by atoms with E-state index in [-0.39, 0.29) is 12.6 Å². The fraction of sp³-hybridized carbons (Fsp3) is 0.429. The summed E-state index contributed by atoms with van der Waals surface area (Å²) in [5, 5.41) is 0. The van der Waals surface area contributed by atoms with Crippen molar-refractivity contribution in [3.05, 3.63) is 52.1 Å². The Morgan fingerprint density at radius 1 is 1.32 bits per heavy atom. The Morgan fingerprint density at radius 3 is 2.71 bits per heavy atom. The minimum atomic E-state index is -0.611. The summed E-state index contributed by atoms with van der Waals surface area (Å²) in [6, 6.07) is 11.4. The van der Waals surface area contributed by atoms with Crippen LogP contribution in [0.25, 0.3) is 0 Å². The number of hydrogen-bond acceptors (Lipinski definition) is 5. The number of carbonyl (C=O) groups is 1. The highest BCUT2D eigenvalue weighted by Gasteiger charge is 2.36. The minimum Gasteiger partial charge on any atom is -0.474 e. The quantitative estimate of drug-likeness (QED) is 0.667. The van der Waals surface area contributed by atoms with E-state index in [1.54, 1.807) is 4.90 Å². The molecule has 7 heteroatoms. The topological polar surface area (TPSA) is 60.9 Å². The molecule has 0 unspecified atom stereocenters. The van der Waals surface area contributed by atoms with Gasteiger partial charge in [-0.05, 0) is 55.3 Å². The largest absolute Gasteiger partial charge is 0.474 e. The Labute approximate surface area is 173 Å². The SMILES string of the molecule is Cc1nc2c(cc1Br)N(C(=O)OC(C)(C)C)[C@@H](COCc1ccccc1)CO2. The first kappa shape index (κ1) is 20.6. The summed E-state index contributed by atoms with van der Waals surface area (Å²) in [6.45, 7) is 8.47. The van der Waals surface area contributed by atoms with Gasteiger partial charge in [0.05, 0.1) is 24.9 Å². The highest BCUT2D eigenvalue weighted by atomic mass is 79.9. The van der Waals surface area contributed by atoms with E-state index >= 15 is 0 Å². The predicted octanol–water partition coefficient (Wildman–Crippen LogP) is 4.87. The average molecular weight is 449 g/mol. The van der Waals surface area contributed by atoms with E-state index in [9.17, 15) is 4.79 Å². The lowest BCUT2D eigenvalue weighted by Crippen LogP contribution is -2.51. The third-order valence-corrected chi connectivity index (χ3v) is 4.95. The summed E-state index contributed by atoms with van der Waals surface area (Å²) >= 11 is 3.49. The van der Waals surface area contributed by atoms with Crippen LogP contribution in [0.5, 0.6) is 5.88 Å². The molecular formula is C21H25BrN2O4. The van der Waals surface area contributed by atoms with Gasteiger partial charge < -0.3 is 14.2 Å². The normalized spacial score (nSPS) is 16.3. The Balaban J connectivity index is 1.81. The summed E-state index contributed by atoms with van der Waals surface area (Å²) in [6.07, 6.45) is -0.442. The molecule has 0 bridgehead atoms. The van der Waals surface area contributed by atoms with Gasteiger partial charge in [-0.3, -0.25) is 4.90 Å². The monoisotopic (exact) mass is 448 g/mol. The van der Waals surface area contributed by atoms with Crippen LogP contribution in [0.3, 0.4) is 0 Å². The minimum absolute atomic E-state index is 0.287. The van der Waals surface area contributed by atoms with Crippen molar-refractivity contribution in [3.63, 3.8) is 0 Å². The fourth-order valence-electron chi connectivity index (χ4n) is 2.84. The van der Waals surface area contributed by atoms with Gasteiger partial charge in [0.15, 0.2) is 0 Å². The smallest absolute Gasteiger partial charge is 0.415 e. The second-order valence-electron chi connectivity index (χ2n) is 7.70. The van der Waals surface area contributed by atoms with Gasteiger partial charge in [0.25, 0.3) is 0 Å². The van der Waals surface area contributed by atoms with Gasteiger partial charge in [-0.1, -0.05) is 30.3 Å². The lowest BCUT2D eigenvalue weighted by Gasteiger charge is -2.37. The number of benzene rings is 1. The van der Waals surface area contributed by atoms with Crippen LogP contribution in [0, 0.1) is 6.92 Å². The number of aryl methyl sites for hydroxylation is 1. The zero-order valence-corrected chi connectivity index (χ0v) is 18.2. The van der Waals surface area contributed by atoms with Crippen LogP contribution >= 0.6 is 15.9 Å². The van der Waals surface area contributed by atoms with Gasteiger partial charge in [-0.15, -0.1) is 0 Å². The van der Waals surface area contributed by atoms with E-state index < -0.39 is 11.7 Å². The highest BCUT2D eigenvalue weighted by molar-refractivity contribution is 9.10. The van der Waals surface area contributed by atoms with Crippen LogP contribution < -0.4 is 9.64 Å². The molecule has 1 aliphatic rings. The molecule has 28 heavy (non-hydrogen) atoms. The summed E-state index contributed by atoms with van der Waals surface area (Å²) < 4.78 is 18.1. The van der Waals surface area contributed by atoms with Crippen molar-refractivity contribution in [1.82, 2.24) is 4.98 Å². The maximum Gasteiger partial charge on any atom is 0.415 e. The number of rotatable bonds is 4. The molecule has 6 nitrogen and oxygen atoms in total. The number of aromatic nitrogens is 1. The van der Waals surface area contributed by atoms with Crippen LogP contribution in [-0.2, 0) is 16.1 Å². The molecule has 1 amide bonds. The highest BCUT2D eigenvalue weighted by Crippen LogP contribution is 2.36. The average Bonchev–Trinajstić information content (AvgIpc) is 2.62. The third kappa shape index (κ3) is 5.02. The number of pyridine rings is 1. The first-order chi connectivity index (χ1) is 13.2. The molecule has 0 saturated carbocycles. The predicted molar refractivity (Wildman–Crippen MR) is 111 cm³/mol. The second kappa shape index (κ2) is 8.49. The Bertz CT molecular complexity index is 836. The Morgan fingerprint density at radius 2 is 2.04 bits per heavy atom. The van der Waals surface area contributed by atoms with Gasteiger partial charge in [0, 0.05) is 4.47 Å². The molecular weight excluding hydrogens is 424 g/mol. The number of hydrogen-bond donors (Lipinski definition) is 0. The lowest BCUT2D eigenvalue weighted by atomic mass is 10.2. The van der Waals surface area contributed by atoms with E-state index in [0.29, 0.717) is 24.8 Å². The number of anilines is 1. The number of ether oxygens (including phenoxy) is 3. The number of nitrogens with zero attached hydrogens (tertiary/aromatic N) is 2. The second-order valence-corrected chi connectivity index (χ2v) is 8.55. The summed E-state index contributed by atoms with van der Waals surface area (Å²) in [5.74, 6) is 0.422. The van der Waals surface area contributed by atoms with E-state index in [2.05, 4.69) is 20.9 Å². The molecule has 1 aromatic heterocycles. The van der Waals surface area contributed by atoms with Crippen molar-refractivity contribution in [1.29, 1.82) is 0 Å². The zero-order valence-electron chi connectivity index (χ0n) is 16.6. The fourth-order valence-corrected chi connectivity index (χ4v) is 3.15. The molecule has 0 saturated heterocycles. The van der Waals surface area contributed by atoms with Crippen molar-refractivity contribution >= 4 is 27.7 Å². The summed E-state index contributed by atoms with van der Waals surface area (Å²) in [4.78, 5) is 19.0. The van der Waals surface area contributed by atoms with E-state index in [4.69, 9.17) is 14.2 Å². The van der Waals surface area contributed by atoms with Crippen LogP contribution in [0.1, 0.15) is 32.0 Å². The van der Waals surface area contributed by atoms with E-state index in [0.717, 1.165) is 15.7 Å². The Hall–Kier alpha value is -2.12. The molecule has 0 fully saturated rings. The number of carbonyl (C=O) groups excluding carboxylic acids is 1. The van der Waals surface area contributed by atoms with Crippen molar-refractivity contribution in [2.75, 3.05) is 18.1 Å². The van der Waals surface area contributed by atoms with Crippen molar-refractivity contribution in [3.8, 4) is 5.88 Å². The molecule has 1 aromatic carbocycles. The maximum absolute atomic E-state index is 13.0. The molecule has 0 radical (unpaired) electrons. The number of amides is 1. The molecule has 1 atom stereocenters. The van der Waals surface area contributed by atoms with Gasteiger partial charge in [0.1, 0.15) is 17.9 Å². The van der Waals surface area contributed by atoms with E-state index in [1.165, 1.54) is 0 Å². The first-order valence-electron chi connectivity index (χ1n) is 9.18. The molecule has 0 aliphatic carbocycles. The van der Waals surface area contributed by atoms with Gasteiger partial charge in [-0.25, -0.2) is 9.78 Å². The first-order valence-corrected chi connectivity index (χ1v) is 9.98. The standard InChI is InChI=1S/C21H25BrN2O4/c1-14-17(22)10-18-19(23-14)27-13-16(24(18)20(25)28-21(2,3)4)12-26-11-15-8-6-5-7-9-15/h5-10,16H,11-13H2,1-4H3/t16-/m0/s1. The van der Waals surface area contributed by atoms with Crippen molar-refractivity contribution < 1.29 is 19.0 Å². The molecule has 2 heterocycles. The van der Waals surface area contributed by atoms with Crippen LogP contribution in [0.4, 0.5) is 10.5 Å². The number of fused-ring (bicyclic) bond motifs is 1. The molecule has 0 N–H and O–H groups in total. The molecule has 150 valence electrons. The summed E-state index contributed by atoms with van der Waals surface area (Å²) in [7, 11) is 0. The number of halogens is 1. The van der Waals surface area contributed by atoms with Crippen LogP contribution in [-0.4, -0.2) is 35.9 Å². The van der Waals surface area contributed by atoms with Gasteiger partial charge >= 0.3 is 6.09 Å². The molecule has 3 rings (SSSR count). The van der Waals surface area contributed by atoms with Crippen LogP contribution in [0.15, 0.2) is 40.9 Å². The Kier molecular flexibility index (Phi) is 6.25.